The standard InChI is InChI=1S/C25H36F2O7S/c26-25(27,35-34-33-30)22(29)32-15-24-11-16-7-17(12-24)10-23(9-16,13-24)14-31-21(28)20-6-5-18-3-1-2-4-19(18)8-20/h16-20,30H,1-15H2. The Bertz CT molecular complexity index is 795. The van der Waals surface area contributed by atoms with Gasteiger partial charge in [0.25, 0.3) is 0 Å². The number of alkyl halides is 2. The van der Waals surface area contributed by atoms with Crippen molar-refractivity contribution in [2.24, 2.45) is 40.4 Å². The summed E-state index contributed by atoms with van der Waals surface area (Å²) in [7, 11) is 0. The number of ether oxygens (including phenoxy) is 2. The van der Waals surface area contributed by atoms with E-state index in [1.165, 1.54) is 25.7 Å². The van der Waals surface area contributed by atoms with Crippen molar-refractivity contribution in [2.75, 3.05) is 13.2 Å². The van der Waals surface area contributed by atoms with E-state index in [9.17, 15) is 18.4 Å². The maximum Gasteiger partial charge on any atom is 0.415 e. The van der Waals surface area contributed by atoms with Crippen molar-refractivity contribution in [3.05, 3.63) is 0 Å². The lowest BCUT2D eigenvalue weighted by molar-refractivity contribution is -0.433. The van der Waals surface area contributed by atoms with E-state index in [0.717, 1.165) is 63.7 Å². The molecule has 0 spiro atoms. The minimum atomic E-state index is -3.99. The zero-order valence-electron chi connectivity index (χ0n) is 20.1. The minimum absolute atomic E-state index is 0.00280. The molecule has 6 aliphatic rings. The highest BCUT2D eigenvalue weighted by Crippen LogP contribution is 2.65. The molecule has 10 heteroatoms. The molecule has 198 valence electrons. The molecule has 0 amide bonds. The Labute approximate surface area is 209 Å². The predicted octanol–water partition coefficient (Wildman–Crippen LogP) is 5.93. The normalized spacial score (nSPS) is 40.3. The van der Waals surface area contributed by atoms with E-state index in [2.05, 4.69) is 9.37 Å². The number of fused-ring (bicyclic) bond motifs is 1. The molecule has 4 bridgehead atoms. The Balaban J connectivity index is 1.17. The summed E-state index contributed by atoms with van der Waals surface area (Å²) in [5, 5.41) is 7.26. The SMILES string of the molecule is O=C(OCC12CC3CC(C1)CC(COC(=O)C(F)(F)SOOO)(C3)C2)C1CCC2CCCCC2C1. The molecule has 0 aromatic heterocycles. The third kappa shape index (κ3) is 5.50. The Kier molecular flexibility index (Phi) is 7.38. The highest BCUT2D eigenvalue weighted by molar-refractivity contribution is 7.96. The van der Waals surface area contributed by atoms with Gasteiger partial charge in [-0.05, 0) is 81.5 Å². The fourth-order valence-electron chi connectivity index (χ4n) is 8.81. The van der Waals surface area contributed by atoms with Crippen LogP contribution in [-0.4, -0.2) is 35.7 Å². The van der Waals surface area contributed by atoms with Gasteiger partial charge in [0.05, 0.1) is 19.1 Å². The largest absolute Gasteiger partial charge is 0.465 e. The lowest BCUT2D eigenvalue weighted by atomic mass is 9.44. The summed E-state index contributed by atoms with van der Waals surface area (Å²) in [6.07, 6.45) is 13.6. The van der Waals surface area contributed by atoms with Crippen LogP contribution in [0.4, 0.5) is 8.78 Å². The number of carbonyl (C=O) groups excluding carboxylic acids is 2. The second kappa shape index (κ2) is 10.1. The third-order valence-electron chi connectivity index (χ3n) is 9.61. The zero-order chi connectivity index (χ0) is 24.7. The van der Waals surface area contributed by atoms with Crippen molar-refractivity contribution < 1.29 is 42.5 Å². The van der Waals surface area contributed by atoms with E-state index in [1.54, 1.807) is 0 Å². The maximum absolute atomic E-state index is 13.8. The van der Waals surface area contributed by atoms with Crippen LogP contribution in [0.3, 0.4) is 0 Å². The van der Waals surface area contributed by atoms with Crippen molar-refractivity contribution in [1.82, 2.24) is 0 Å². The summed E-state index contributed by atoms with van der Waals surface area (Å²) in [5.74, 6) is 0.551. The van der Waals surface area contributed by atoms with Crippen molar-refractivity contribution >= 4 is 24.0 Å². The smallest absolute Gasteiger partial charge is 0.415 e. The molecule has 0 heterocycles. The fourth-order valence-corrected chi connectivity index (χ4v) is 9.05. The number of rotatable bonds is 9. The molecule has 5 unspecified atom stereocenters. The monoisotopic (exact) mass is 518 g/mol. The number of esters is 2. The summed E-state index contributed by atoms with van der Waals surface area (Å²) in [4.78, 5) is 25.0. The molecule has 7 nitrogen and oxygen atoms in total. The number of halogens is 2. The van der Waals surface area contributed by atoms with Crippen molar-refractivity contribution in [1.29, 1.82) is 0 Å². The summed E-state index contributed by atoms with van der Waals surface area (Å²) in [6, 6.07) is 0. The van der Waals surface area contributed by atoms with Crippen molar-refractivity contribution in [3.63, 3.8) is 0 Å². The van der Waals surface area contributed by atoms with Gasteiger partial charge in [-0.25, -0.2) is 10.1 Å². The Morgan fingerprint density at radius 1 is 0.886 bits per heavy atom. The van der Waals surface area contributed by atoms with Crippen LogP contribution >= 0.6 is 12.0 Å². The first-order valence-electron chi connectivity index (χ1n) is 13.1. The maximum atomic E-state index is 13.8. The second-order valence-electron chi connectivity index (χ2n) is 12.2. The zero-order valence-corrected chi connectivity index (χ0v) is 20.9. The Morgan fingerprint density at radius 2 is 1.51 bits per heavy atom. The van der Waals surface area contributed by atoms with E-state index < -0.39 is 23.3 Å². The van der Waals surface area contributed by atoms with E-state index >= 15 is 0 Å². The average Bonchev–Trinajstić information content (AvgIpc) is 2.83. The first-order valence-corrected chi connectivity index (χ1v) is 13.8. The number of hydrogen-bond acceptors (Lipinski definition) is 8. The Hall–Kier alpha value is -0.970. The molecule has 0 aromatic carbocycles. The first-order chi connectivity index (χ1) is 16.7. The lowest BCUT2D eigenvalue weighted by Gasteiger charge is -2.61. The van der Waals surface area contributed by atoms with Gasteiger partial charge in [0.2, 0.25) is 0 Å². The van der Waals surface area contributed by atoms with Gasteiger partial charge in [0, 0.05) is 10.8 Å². The van der Waals surface area contributed by atoms with Gasteiger partial charge in [0.1, 0.15) is 12.0 Å². The molecule has 0 aromatic rings. The third-order valence-corrected chi connectivity index (χ3v) is 10.1. The quantitative estimate of drug-likeness (QED) is 0.174. The molecular formula is C25H36F2O7S. The minimum Gasteiger partial charge on any atom is -0.465 e. The molecule has 0 saturated heterocycles. The summed E-state index contributed by atoms with van der Waals surface area (Å²) in [6.45, 7) is 0.295. The van der Waals surface area contributed by atoms with Gasteiger partial charge < -0.3 is 9.47 Å². The van der Waals surface area contributed by atoms with Crippen LogP contribution < -0.4 is 0 Å². The highest BCUT2D eigenvalue weighted by atomic mass is 32.2. The fraction of sp³-hybridized carbons (Fsp3) is 0.920. The predicted molar refractivity (Wildman–Crippen MR) is 122 cm³/mol. The molecule has 35 heavy (non-hydrogen) atoms. The highest BCUT2D eigenvalue weighted by Gasteiger charge is 2.59. The Morgan fingerprint density at radius 3 is 2.17 bits per heavy atom. The van der Waals surface area contributed by atoms with Crippen LogP contribution in [0.25, 0.3) is 0 Å². The number of hydrogen-bond donors (Lipinski definition) is 1. The van der Waals surface area contributed by atoms with E-state index in [0.29, 0.717) is 24.4 Å². The molecule has 1 N–H and O–H groups in total. The van der Waals surface area contributed by atoms with Crippen LogP contribution in [0.1, 0.15) is 83.5 Å². The van der Waals surface area contributed by atoms with Gasteiger partial charge >= 0.3 is 17.2 Å². The van der Waals surface area contributed by atoms with Gasteiger partial charge in [-0.3, -0.25) is 4.79 Å². The van der Waals surface area contributed by atoms with Crippen LogP contribution in [0.15, 0.2) is 0 Å². The van der Waals surface area contributed by atoms with Crippen LogP contribution in [0, 0.1) is 40.4 Å². The van der Waals surface area contributed by atoms with Gasteiger partial charge in [-0.1, -0.05) is 30.7 Å². The van der Waals surface area contributed by atoms with Crippen LogP contribution in [-0.2, 0) is 28.4 Å². The van der Waals surface area contributed by atoms with E-state index in [4.69, 9.17) is 14.7 Å². The molecule has 6 aliphatic carbocycles. The lowest BCUT2D eigenvalue weighted by Crippen LogP contribution is -2.55. The molecule has 6 saturated carbocycles. The summed E-state index contributed by atoms with van der Waals surface area (Å²) >= 11 is -0.603. The number of carbonyl (C=O) groups is 2. The molecule has 5 atom stereocenters. The topological polar surface area (TPSA) is 91.3 Å². The molecule has 0 radical (unpaired) electrons. The molecular weight excluding hydrogens is 482 g/mol. The van der Waals surface area contributed by atoms with Crippen LogP contribution in [0.5, 0.6) is 0 Å². The summed E-state index contributed by atoms with van der Waals surface area (Å²) < 4.78 is 42.5. The molecule has 6 fully saturated rings. The van der Waals surface area contributed by atoms with E-state index in [-0.39, 0.29) is 29.3 Å². The van der Waals surface area contributed by atoms with Gasteiger partial charge in [0.15, 0.2) is 0 Å². The van der Waals surface area contributed by atoms with Crippen molar-refractivity contribution in [3.8, 4) is 0 Å². The van der Waals surface area contributed by atoms with Crippen LogP contribution in [0.2, 0.25) is 0 Å². The average molecular weight is 519 g/mol. The van der Waals surface area contributed by atoms with Gasteiger partial charge in [-0.15, -0.1) is 4.33 Å². The van der Waals surface area contributed by atoms with E-state index in [1.807, 2.05) is 0 Å². The summed E-state index contributed by atoms with van der Waals surface area (Å²) in [5.41, 5.74) is -0.513. The first kappa shape index (κ1) is 25.7. The van der Waals surface area contributed by atoms with Gasteiger partial charge in [-0.2, -0.15) is 8.78 Å². The second-order valence-corrected chi connectivity index (χ2v) is 13.0. The van der Waals surface area contributed by atoms with Crippen molar-refractivity contribution in [2.45, 2.75) is 88.7 Å². The molecule has 0 aliphatic heterocycles. The molecule has 6 rings (SSSR count).